The molecule has 0 fully saturated rings. The normalized spacial score (nSPS) is 9.22. The van der Waals surface area contributed by atoms with Crippen LogP contribution in [0.5, 0.6) is 0 Å². The van der Waals surface area contributed by atoms with Crippen LogP contribution in [0.2, 0.25) is 0 Å². The van der Waals surface area contributed by atoms with Crippen molar-refractivity contribution in [1.82, 2.24) is 0 Å². The van der Waals surface area contributed by atoms with Crippen LogP contribution in [-0.4, -0.2) is 14.3 Å². The number of carbonyl (C=O) groups excluding carboxylic acids is 1. The average molecular weight is 294 g/mol. The summed E-state index contributed by atoms with van der Waals surface area (Å²) >= 11 is 0. The van der Waals surface area contributed by atoms with Crippen LogP contribution in [-0.2, 0) is 13.8 Å². The highest BCUT2D eigenvalue weighted by Gasteiger charge is 2.15. The van der Waals surface area contributed by atoms with E-state index >= 15 is 0 Å². The van der Waals surface area contributed by atoms with E-state index in [1.165, 1.54) is 25.1 Å². The molecular weight excluding hydrogens is 274 g/mol. The molecule has 0 spiro atoms. The zero-order valence-electron chi connectivity index (χ0n) is 11.3. The molecule has 0 unspecified atom stereocenters. The number of carbonyl (C=O) groups is 1. The third-order valence-electron chi connectivity index (χ3n) is 1.46. The summed E-state index contributed by atoms with van der Waals surface area (Å²) in [5.74, 6) is -0.349. The lowest BCUT2D eigenvalue weighted by Crippen LogP contribution is -2.08. The largest absolute Gasteiger partial charge is 0.325 e. The molecule has 0 aromatic heterocycles. The van der Waals surface area contributed by atoms with E-state index in [1.807, 2.05) is 27.7 Å². The van der Waals surface area contributed by atoms with Crippen molar-refractivity contribution in [2.75, 3.05) is 5.32 Å². The molecule has 104 valence electrons. The molecule has 18 heavy (non-hydrogen) atoms. The molecule has 1 aromatic carbocycles. The molecule has 1 amide bonds. The Kier molecular flexibility index (Phi) is 10.6. The topological polar surface area (TPSA) is 63.2 Å². The lowest BCUT2D eigenvalue weighted by Gasteiger charge is -2.05. The van der Waals surface area contributed by atoms with E-state index in [4.69, 9.17) is 10.7 Å². The van der Waals surface area contributed by atoms with Gasteiger partial charge in [0.25, 0.3) is 9.05 Å². The van der Waals surface area contributed by atoms with E-state index in [2.05, 4.69) is 5.32 Å². The van der Waals surface area contributed by atoms with Crippen molar-refractivity contribution in [1.29, 1.82) is 0 Å². The van der Waals surface area contributed by atoms with Crippen LogP contribution >= 0.6 is 10.7 Å². The summed E-state index contributed by atoms with van der Waals surface area (Å²) in [4.78, 5) is 10.6. The highest BCUT2D eigenvalue weighted by atomic mass is 35.7. The first kappa shape index (κ1) is 19.3. The lowest BCUT2D eigenvalue weighted by atomic mass is 10.3. The molecular formula is C12H20ClNO3S. The van der Waals surface area contributed by atoms with Crippen LogP contribution in [0.15, 0.2) is 29.2 Å². The van der Waals surface area contributed by atoms with Gasteiger partial charge in [-0.15, -0.1) is 0 Å². The van der Waals surface area contributed by atoms with Crippen molar-refractivity contribution in [2.24, 2.45) is 0 Å². The van der Waals surface area contributed by atoms with Gasteiger partial charge in [0.05, 0.1) is 5.69 Å². The number of benzene rings is 1. The third kappa shape index (κ3) is 7.29. The van der Waals surface area contributed by atoms with E-state index in [0.29, 0.717) is 0 Å². The van der Waals surface area contributed by atoms with Crippen molar-refractivity contribution in [3.63, 3.8) is 0 Å². The molecule has 6 heteroatoms. The second-order valence-electron chi connectivity index (χ2n) is 2.62. The van der Waals surface area contributed by atoms with Gasteiger partial charge in [0, 0.05) is 17.6 Å². The van der Waals surface area contributed by atoms with Crippen molar-refractivity contribution in [2.45, 2.75) is 39.5 Å². The van der Waals surface area contributed by atoms with Crippen molar-refractivity contribution < 1.29 is 13.2 Å². The predicted octanol–water partition coefficient (Wildman–Crippen LogP) is 3.62. The molecule has 4 nitrogen and oxygen atoms in total. The minimum absolute atomic E-state index is 0.100. The van der Waals surface area contributed by atoms with Gasteiger partial charge in [-0.25, -0.2) is 8.42 Å². The Hall–Kier alpha value is -1.07. The Bertz CT molecular complexity index is 458. The van der Waals surface area contributed by atoms with E-state index in [9.17, 15) is 13.2 Å². The average Bonchev–Trinajstić information content (AvgIpc) is 2.33. The number of rotatable bonds is 2. The van der Waals surface area contributed by atoms with E-state index in [1.54, 1.807) is 6.07 Å². The zero-order valence-corrected chi connectivity index (χ0v) is 12.9. The summed E-state index contributed by atoms with van der Waals surface area (Å²) in [6, 6.07) is 5.93. The van der Waals surface area contributed by atoms with Gasteiger partial charge in [-0.1, -0.05) is 39.8 Å². The molecule has 1 aromatic rings. The second kappa shape index (κ2) is 9.91. The Balaban J connectivity index is 0. The summed E-state index contributed by atoms with van der Waals surface area (Å²) in [5, 5.41) is 2.38. The first-order valence-corrected chi connectivity index (χ1v) is 8.03. The minimum atomic E-state index is -3.82. The number of hydrogen-bond acceptors (Lipinski definition) is 3. The first-order chi connectivity index (χ1) is 8.41. The maximum Gasteiger partial charge on any atom is 0.263 e. The first-order valence-electron chi connectivity index (χ1n) is 5.72. The summed E-state index contributed by atoms with van der Waals surface area (Å²) in [7, 11) is 1.35. The number of amides is 1. The van der Waals surface area contributed by atoms with Gasteiger partial charge in [-0.2, -0.15) is 0 Å². The van der Waals surface area contributed by atoms with E-state index in [0.717, 1.165) is 0 Å². The Labute approximate surface area is 114 Å². The number of para-hydroxylation sites is 1. The van der Waals surface area contributed by atoms with E-state index in [-0.39, 0.29) is 16.5 Å². The minimum Gasteiger partial charge on any atom is -0.325 e. The van der Waals surface area contributed by atoms with Gasteiger partial charge in [0.2, 0.25) is 5.91 Å². The molecule has 0 radical (unpaired) electrons. The van der Waals surface area contributed by atoms with Crippen LogP contribution in [0.25, 0.3) is 0 Å². The number of halogens is 1. The molecule has 0 saturated heterocycles. The van der Waals surface area contributed by atoms with Crippen molar-refractivity contribution in [3.05, 3.63) is 24.3 Å². The Morgan fingerprint density at radius 2 is 1.56 bits per heavy atom. The van der Waals surface area contributed by atoms with Crippen molar-refractivity contribution >= 4 is 31.3 Å². The molecule has 0 saturated carbocycles. The highest BCUT2D eigenvalue weighted by Crippen LogP contribution is 2.23. The van der Waals surface area contributed by atoms with Crippen LogP contribution in [0, 0.1) is 0 Å². The Morgan fingerprint density at radius 3 is 1.94 bits per heavy atom. The third-order valence-corrected chi connectivity index (χ3v) is 2.84. The summed E-state index contributed by atoms with van der Waals surface area (Å²) < 4.78 is 22.1. The highest BCUT2D eigenvalue weighted by molar-refractivity contribution is 8.13. The van der Waals surface area contributed by atoms with Crippen LogP contribution in [0.1, 0.15) is 34.6 Å². The van der Waals surface area contributed by atoms with Crippen LogP contribution in [0.4, 0.5) is 5.69 Å². The summed E-state index contributed by atoms with van der Waals surface area (Å²) in [5.41, 5.74) is 0.190. The zero-order chi connectivity index (χ0) is 14.8. The molecule has 0 aliphatic carbocycles. The fourth-order valence-corrected chi connectivity index (χ4v) is 2.00. The number of hydrogen-bond donors (Lipinski definition) is 1. The van der Waals surface area contributed by atoms with Crippen molar-refractivity contribution in [3.8, 4) is 0 Å². The van der Waals surface area contributed by atoms with Gasteiger partial charge < -0.3 is 5.32 Å². The predicted molar refractivity (Wildman–Crippen MR) is 76.5 cm³/mol. The van der Waals surface area contributed by atoms with E-state index < -0.39 is 9.05 Å². The number of anilines is 1. The summed E-state index contributed by atoms with van der Waals surface area (Å²) in [6.45, 7) is 9.29. The Morgan fingerprint density at radius 1 is 1.11 bits per heavy atom. The summed E-state index contributed by atoms with van der Waals surface area (Å²) in [6.07, 6.45) is 0. The van der Waals surface area contributed by atoms with Gasteiger partial charge in [0.15, 0.2) is 0 Å². The molecule has 0 aliphatic rings. The standard InChI is InChI=1S/C8H8ClNO3S.2C2H6/c1-6(11)10-7-4-2-3-5-8(7)14(9,12)13;2*1-2/h2-5H,1H3,(H,10,11);2*1-2H3. The molecule has 1 rings (SSSR count). The van der Waals surface area contributed by atoms with Crippen LogP contribution < -0.4 is 5.32 Å². The van der Waals surface area contributed by atoms with Gasteiger partial charge >= 0.3 is 0 Å². The number of nitrogens with one attached hydrogen (secondary N) is 1. The maximum atomic E-state index is 11.0. The molecule has 0 bridgehead atoms. The molecule has 0 atom stereocenters. The fourth-order valence-electron chi connectivity index (χ4n) is 0.972. The van der Waals surface area contributed by atoms with Gasteiger partial charge in [-0.05, 0) is 12.1 Å². The van der Waals surface area contributed by atoms with Gasteiger partial charge in [-0.3, -0.25) is 4.79 Å². The quantitative estimate of drug-likeness (QED) is 0.847. The SMILES string of the molecule is CC.CC.CC(=O)Nc1ccccc1S(=O)(=O)Cl. The van der Waals surface area contributed by atoms with Gasteiger partial charge in [0.1, 0.15) is 4.90 Å². The fraction of sp³-hybridized carbons (Fsp3) is 0.417. The lowest BCUT2D eigenvalue weighted by molar-refractivity contribution is -0.114. The molecule has 0 heterocycles. The smallest absolute Gasteiger partial charge is 0.263 e. The molecule has 0 aliphatic heterocycles. The molecule has 1 N–H and O–H groups in total. The monoisotopic (exact) mass is 293 g/mol. The van der Waals surface area contributed by atoms with Crippen LogP contribution in [0.3, 0.4) is 0 Å². The second-order valence-corrected chi connectivity index (χ2v) is 5.15. The maximum absolute atomic E-state index is 11.0.